The number of carbonyl (C=O) groups is 3. The highest BCUT2D eigenvalue weighted by atomic mass is 19.4. The SMILES string of the molecule is Cc1cc(C(=O)CN2C(=O)CC3(CCCCC3)C2=O)c(C)n1CC(F)(F)F. The molecule has 1 aromatic rings. The van der Waals surface area contributed by atoms with Crippen LogP contribution in [0.4, 0.5) is 13.2 Å². The summed E-state index contributed by atoms with van der Waals surface area (Å²) in [4.78, 5) is 38.8. The van der Waals surface area contributed by atoms with Crippen LogP contribution >= 0.6 is 0 Å². The highest BCUT2D eigenvalue weighted by Crippen LogP contribution is 2.45. The maximum Gasteiger partial charge on any atom is 0.406 e. The quantitative estimate of drug-likeness (QED) is 0.589. The minimum atomic E-state index is -4.40. The third kappa shape index (κ3) is 3.66. The van der Waals surface area contributed by atoms with Crippen LogP contribution in [0.5, 0.6) is 0 Å². The number of amides is 2. The summed E-state index contributed by atoms with van der Waals surface area (Å²) in [6.07, 6.45) is -0.147. The molecular weight excluding hydrogens is 361 g/mol. The highest BCUT2D eigenvalue weighted by molar-refractivity contribution is 6.10. The Morgan fingerprint density at radius 2 is 1.78 bits per heavy atom. The van der Waals surface area contributed by atoms with E-state index in [1.54, 1.807) is 0 Å². The van der Waals surface area contributed by atoms with E-state index in [0.717, 1.165) is 28.7 Å². The Kier molecular flexibility index (Phi) is 4.94. The third-order valence-electron chi connectivity index (χ3n) is 5.81. The Bertz CT molecular complexity index is 789. The van der Waals surface area contributed by atoms with E-state index in [0.29, 0.717) is 18.5 Å². The molecule has 2 aliphatic rings. The van der Waals surface area contributed by atoms with Crippen LogP contribution in [0.25, 0.3) is 0 Å². The van der Waals surface area contributed by atoms with Crippen LogP contribution in [0.3, 0.4) is 0 Å². The van der Waals surface area contributed by atoms with Gasteiger partial charge in [0, 0.05) is 23.4 Å². The van der Waals surface area contributed by atoms with Crippen LogP contribution in [0.2, 0.25) is 0 Å². The number of ketones is 1. The van der Waals surface area contributed by atoms with E-state index >= 15 is 0 Å². The molecular formula is C19H23F3N2O3. The highest BCUT2D eigenvalue weighted by Gasteiger charge is 2.51. The van der Waals surface area contributed by atoms with Gasteiger partial charge in [-0.05, 0) is 32.8 Å². The first kappa shape index (κ1) is 19.6. The topological polar surface area (TPSA) is 59.4 Å². The zero-order chi connectivity index (χ0) is 20.0. The van der Waals surface area contributed by atoms with Crippen molar-refractivity contribution in [3.8, 4) is 0 Å². The van der Waals surface area contributed by atoms with Gasteiger partial charge in [0.05, 0.1) is 12.0 Å². The van der Waals surface area contributed by atoms with Crippen LogP contribution in [0.15, 0.2) is 6.07 Å². The maximum absolute atomic E-state index is 12.8. The lowest BCUT2D eigenvalue weighted by Gasteiger charge is -2.30. The summed E-state index contributed by atoms with van der Waals surface area (Å²) in [6.45, 7) is 1.36. The van der Waals surface area contributed by atoms with E-state index < -0.39 is 30.5 Å². The van der Waals surface area contributed by atoms with Gasteiger partial charge in [0.25, 0.3) is 0 Å². The van der Waals surface area contributed by atoms with Crippen LogP contribution in [-0.4, -0.2) is 39.8 Å². The Balaban J connectivity index is 1.79. The zero-order valence-corrected chi connectivity index (χ0v) is 15.5. The first-order valence-corrected chi connectivity index (χ1v) is 9.15. The smallest absolute Gasteiger partial charge is 0.339 e. The molecule has 0 bridgehead atoms. The van der Waals surface area contributed by atoms with E-state index in [2.05, 4.69) is 0 Å². The number of aryl methyl sites for hydroxylation is 1. The van der Waals surface area contributed by atoms with E-state index in [1.807, 2.05) is 0 Å². The molecule has 1 saturated carbocycles. The molecule has 0 N–H and O–H groups in total. The first-order valence-electron chi connectivity index (χ1n) is 9.15. The first-order chi connectivity index (χ1) is 12.5. The second kappa shape index (κ2) is 6.80. The largest absolute Gasteiger partial charge is 0.406 e. The molecule has 1 aliphatic heterocycles. The number of likely N-dealkylation sites (tertiary alicyclic amines) is 1. The monoisotopic (exact) mass is 384 g/mol. The van der Waals surface area contributed by atoms with Gasteiger partial charge in [-0.25, -0.2) is 0 Å². The Morgan fingerprint density at radius 1 is 1.15 bits per heavy atom. The second-order valence-corrected chi connectivity index (χ2v) is 7.71. The number of carbonyl (C=O) groups excluding carboxylic acids is 3. The minimum Gasteiger partial charge on any atom is -0.339 e. The molecule has 2 fully saturated rings. The number of rotatable bonds is 4. The normalized spacial score (nSPS) is 20.0. The Hall–Kier alpha value is -2.12. The molecule has 0 radical (unpaired) electrons. The molecule has 0 unspecified atom stereocenters. The summed E-state index contributed by atoms with van der Waals surface area (Å²) in [7, 11) is 0. The fourth-order valence-corrected chi connectivity index (χ4v) is 4.37. The van der Waals surface area contributed by atoms with Gasteiger partial charge in [-0.15, -0.1) is 0 Å². The van der Waals surface area contributed by atoms with Crippen molar-refractivity contribution in [2.75, 3.05) is 6.54 Å². The van der Waals surface area contributed by atoms with Crippen molar-refractivity contribution in [2.45, 2.75) is 65.1 Å². The van der Waals surface area contributed by atoms with Crippen LogP contribution in [0.1, 0.15) is 60.3 Å². The number of Topliss-reactive ketones (excluding diaryl/α,β-unsaturated/α-hetero) is 1. The van der Waals surface area contributed by atoms with Gasteiger partial charge in [-0.3, -0.25) is 19.3 Å². The number of imide groups is 1. The van der Waals surface area contributed by atoms with E-state index in [-0.39, 0.29) is 29.5 Å². The van der Waals surface area contributed by atoms with E-state index in [4.69, 9.17) is 0 Å². The van der Waals surface area contributed by atoms with E-state index in [9.17, 15) is 27.6 Å². The summed E-state index contributed by atoms with van der Waals surface area (Å²) in [6, 6.07) is 1.39. The predicted molar refractivity (Wildman–Crippen MR) is 91.1 cm³/mol. The average molecular weight is 384 g/mol. The van der Waals surface area contributed by atoms with Gasteiger partial charge in [-0.2, -0.15) is 13.2 Å². The molecule has 2 heterocycles. The molecule has 0 atom stereocenters. The standard InChI is InChI=1S/C19H23F3N2O3/c1-12-8-14(13(2)24(12)11-19(20,21)22)15(25)10-23-16(26)9-18(17(23)27)6-4-3-5-7-18/h8H,3-7,9-11H2,1-2H3. The molecule has 148 valence electrons. The molecule has 1 aromatic heterocycles. The van der Waals surface area contributed by atoms with Gasteiger partial charge in [0.2, 0.25) is 11.8 Å². The number of alkyl halides is 3. The number of aromatic nitrogens is 1. The lowest BCUT2D eigenvalue weighted by Crippen LogP contribution is -2.39. The molecule has 27 heavy (non-hydrogen) atoms. The zero-order valence-electron chi connectivity index (χ0n) is 15.5. The van der Waals surface area contributed by atoms with Crippen molar-refractivity contribution >= 4 is 17.6 Å². The van der Waals surface area contributed by atoms with Gasteiger partial charge in [-0.1, -0.05) is 19.3 Å². The molecule has 2 amide bonds. The molecule has 3 rings (SSSR count). The van der Waals surface area contributed by atoms with Crippen molar-refractivity contribution in [2.24, 2.45) is 5.41 Å². The summed E-state index contributed by atoms with van der Waals surface area (Å²) in [5.41, 5.74) is -0.0396. The van der Waals surface area contributed by atoms with Crippen molar-refractivity contribution in [1.29, 1.82) is 0 Å². The van der Waals surface area contributed by atoms with Crippen molar-refractivity contribution < 1.29 is 27.6 Å². The van der Waals surface area contributed by atoms with Gasteiger partial charge >= 0.3 is 6.18 Å². The Labute approximate surface area is 155 Å². The number of hydrogen-bond donors (Lipinski definition) is 0. The number of hydrogen-bond acceptors (Lipinski definition) is 3. The van der Waals surface area contributed by atoms with Crippen molar-refractivity contribution in [3.63, 3.8) is 0 Å². The summed E-state index contributed by atoms with van der Waals surface area (Å²) >= 11 is 0. The molecule has 1 aliphatic carbocycles. The number of nitrogens with zero attached hydrogens (tertiary/aromatic N) is 2. The molecule has 1 spiro atoms. The predicted octanol–water partition coefficient (Wildman–Crippen LogP) is 3.56. The van der Waals surface area contributed by atoms with Crippen LogP contribution in [-0.2, 0) is 16.1 Å². The minimum absolute atomic E-state index is 0.127. The maximum atomic E-state index is 12.8. The second-order valence-electron chi connectivity index (χ2n) is 7.71. The van der Waals surface area contributed by atoms with Gasteiger partial charge in [0.15, 0.2) is 5.78 Å². The van der Waals surface area contributed by atoms with Crippen LogP contribution < -0.4 is 0 Å². The summed E-state index contributed by atoms with van der Waals surface area (Å²) in [5, 5.41) is 0. The lowest BCUT2D eigenvalue weighted by atomic mass is 9.73. The fourth-order valence-electron chi connectivity index (χ4n) is 4.37. The van der Waals surface area contributed by atoms with Crippen molar-refractivity contribution in [3.05, 3.63) is 23.0 Å². The lowest BCUT2D eigenvalue weighted by molar-refractivity contribution is -0.142. The van der Waals surface area contributed by atoms with Crippen LogP contribution in [0, 0.1) is 19.3 Å². The summed E-state index contributed by atoms with van der Waals surface area (Å²) in [5.74, 6) is -1.17. The van der Waals surface area contributed by atoms with Gasteiger partial charge < -0.3 is 4.57 Å². The molecule has 1 saturated heterocycles. The third-order valence-corrected chi connectivity index (χ3v) is 5.81. The van der Waals surface area contributed by atoms with E-state index in [1.165, 1.54) is 19.9 Å². The summed E-state index contributed by atoms with van der Waals surface area (Å²) < 4.78 is 39.3. The van der Waals surface area contributed by atoms with Crippen molar-refractivity contribution in [1.82, 2.24) is 9.47 Å². The molecule has 0 aromatic carbocycles. The fraction of sp³-hybridized carbons (Fsp3) is 0.632. The molecule has 5 nitrogen and oxygen atoms in total. The van der Waals surface area contributed by atoms with Gasteiger partial charge in [0.1, 0.15) is 6.54 Å². The molecule has 8 heteroatoms. The Morgan fingerprint density at radius 3 is 2.37 bits per heavy atom. The number of halogens is 3. The average Bonchev–Trinajstić information content (AvgIpc) is 2.97.